The fraction of sp³-hybridized carbons (Fsp3) is 0.583. The third-order valence-corrected chi connectivity index (χ3v) is 6.33. The molecule has 3 rings (SSSR count). The van der Waals surface area contributed by atoms with E-state index in [0.29, 0.717) is 12.8 Å². The molecule has 0 aliphatic carbocycles. The fourth-order valence-corrected chi connectivity index (χ4v) is 5.29. The third-order valence-electron chi connectivity index (χ3n) is 4.06. The van der Waals surface area contributed by atoms with Gasteiger partial charge in [0.2, 0.25) is 10.0 Å². The lowest BCUT2D eigenvalue weighted by Gasteiger charge is -2.35. The van der Waals surface area contributed by atoms with Crippen molar-refractivity contribution in [2.45, 2.75) is 48.8 Å². The Balaban J connectivity index is 1.98. The molecular weight excluding hydrogens is 302 g/mol. The highest BCUT2D eigenvalue weighted by molar-refractivity contribution is 7.89. The van der Waals surface area contributed by atoms with Crippen LogP contribution in [0.3, 0.4) is 0 Å². The van der Waals surface area contributed by atoms with Crippen LogP contribution in [0.1, 0.15) is 25.7 Å². The van der Waals surface area contributed by atoms with Gasteiger partial charge < -0.3 is 10.8 Å². The predicted octanol–water partition coefficient (Wildman–Crippen LogP) is 0.994. The number of aliphatic hydroxyl groups excluding tert-OH is 1. The Labute approximate surface area is 122 Å². The summed E-state index contributed by atoms with van der Waals surface area (Å²) in [6, 6.07) is 1.07. The van der Waals surface area contributed by atoms with E-state index in [1.807, 2.05) is 0 Å². The molecule has 3 N–H and O–H groups in total. The zero-order valence-corrected chi connectivity index (χ0v) is 12.3. The second kappa shape index (κ2) is 4.84. The van der Waals surface area contributed by atoms with Crippen molar-refractivity contribution in [3.8, 4) is 0 Å². The number of piperidine rings is 1. The molecule has 0 saturated carbocycles. The second-order valence-corrected chi connectivity index (χ2v) is 7.63. The summed E-state index contributed by atoms with van der Waals surface area (Å²) in [5.74, 6) is 0.114. The molecule has 6 nitrogen and oxygen atoms in total. The van der Waals surface area contributed by atoms with Gasteiger partial charge in [0.25, 0.3) is 0 Å². The molecule has 0 radical (unpaired) electrons. The minimum absolute atomic E-state index is 0.0602. The highest BCUT2D eigenvalue weighted by Gasteiger charge is 2.46. The molecule has 2 aliphatic heterocycles. The Morgan fingerprint density at radius 2 is 1.95 bits per heavy atom. The molecule has 2 atom stereocenters. The van der Waals surface area contributed by atoms with Gasteiger partial charge in [0.05, 0.1) is 11.1 Å². The number of anilines is 1. The highest BCUT2D eigenvalue weighted by atomic mass is 35.5. The minimum Gasteiger partial charge on any atom is -0.393 e. The van der Waals surface area contributed by atoms with E-state index in [2.05, 4.69) is 4.98 Å². The van der Waals surface area contributed by atoms with Gasteiger partial charge in [-0.2, -0.15) is 4.31 Å². The van der Waals surface area contributed by atoms with E-state index in [-0.39, 0.29) is 27.8 Å². The Morgan fingerprint density at radius 3 is 2.50 bits per heavy atom. The van der Waals surface area contributed by atoms with Crippen molar-refractivity contribution >= 4 is 27.4 Å². The van der Waals surface area contributed by atoms with Gasteiger partial charge in [-0.3, -0.25) is 0 Å². The van der Waals surface area contributed by atoms with Crippen LogP contribution in [0.15, 0.2) is 17.2 Å². The Morgan fingerprint density at radius 1 is 1.35 bits per heavy atom. The number of nitrogens with zero attached hydrogens (tertiary/aromatic N) is 2. The monoisotopic (exact) mass is 317 g/mol. The van der Waals surface area contributed by atoms with E-state index < -0.39 is 16.1 Å². The van der Waals surface area contributed by atoms with Crippen LogP contribution >= 0.6 is 11.6 Å². The smallest absolute Gasteiger partial charge is 0.245 e. The van der Waals surface area contributed by atoms with Crippen molar-refractivity contribution in [3.05, 3.63) is 17.3 Å². The number of aromatic nitrogens is 1. The summed E-state index contributed by atoms with van der Waals surface area (Å²) in [6.45, 7) is 0. The largest absolute Gasteiger partial charge is 0.393 e. The lowest BCUT2D eigenvalue weighted by Crippen LogP contribution is -2.47. The molecule has 0 spiro atoms. The molecule has 2 unspecified atom stereocenters. The number of sulfonamides is 1. The summed E-state index contributed by atoms with van der Waals surface area (Å²) in [4.78, 5) is 3.88. The zero-order chi connectivity index (χ0) is 14.5. The van der Waals surface area contributed by atoms with Crippen LogP contribution in [0.25, 0.3) is 0 Å². The van der Waals surface area contributed by atoms with Crippen LogP contribution < -0.4 is 5.73 Å². The van der Waals surface area contributed by atoms with Crippen molar-refractivity contribution in [3.63, 3.8) is 0 Å². The van der Waals surface area contributed by atoms with Gasteiger partial charge in [0.15, 0.2) is 0 Å². The number of rotatable bonds is 2. The Hall–Kier alpha value is -0.890. The topological polar surface area (TPSA) is 96.5 Å². The van der Waals surface area contributed by atoms with Crippen LogP contribution in [0.2, 0.25) is 5.02 Å². The van der Waals surface area contributed by atoms with E-state index in [0.717, 1.165) is 12.8 Å². The molecular formula is C12H16ClN3O3S. The quantitative estimate of drug-likeness (QED) is 0.848. The summed E-state index contributed by atoms with van der Waals surface area (Å²) in [7, 11) is -3.64. The lowest BCUT2D eigenvalue weighted by atomic mass is 10.0. The van der Waals surface area contributed by atoms with Crippen molar-refractivity contribution < 1.29 is 13.5 Å². The first-order valence-corrected chi connectivity index (χ1v) is 8.34. The lowest BCUT2D eigenvalue weighted by molar-refractivity contribution is 0.0768. The Kier molecular flexibility index (Phi) is 3.40. The standard InChI is InChI=1S/C12H16ClN3O3S/c13-11-5-10(6-15-12(11)14)20(18,19)16-7-1-2-8(16)4-9(17)3-7/h5-9,17H,1-4H2,(H2,14,15). The number of hydrogen-bond acceptors (Lipinski definition) is 5. The molecule has 2 aliphatic rings. The molecule has 0 amide bonds. The number of pyridine rings is 1. The first-order valence-electron chi connectivity index (χ1n) is 6.52. The van der Waals surface area contributed by atoms with Crippen LogP contribution in [-0.4, -0.2) is 41.0 Å². The maximum Gasteiger partial charge on any atom is 0.245 e. The molecule has 2 bridgehead atoms. The summed E-state index contributed by atoms with van der Waals surface area (Å²) < 4.78 is 27.0. The van der Waals surface area contributed by atoms with Crippen molar-refractivity contribution in [2.75, 3.05) is 5.73 Å². The average Bonchev–Trinajstić information content (AvgIpc) is 2.66. The van der Waals surface area contributed by atoms with Gasteiger partial charge in [0, 0.05) is 18.3 Å². The molecule has 1 aromatic heterocycles. The van der Waals surface area contributed by atoms with Crippen LogP contribution in [0.4, 0.5) is 5.82 Å². The summed E-state index contributed by atoms with van der Waals surface area (Å²) in [5.41, 5.74) is 5.51. The van der Waals surface area contributed by atoms with E-state index in [1.165, 1.54) is 16.6 Å². The van der Waals surface area contributed by atoms with E-state index in [4.69, 9.17) is 17.3 Å². The predicted molar refractivity (Wildman–Crippen MR) is 74.7 cm³/mol. The van der Waals surface area contributed by atoms with Crippen LogP contribution in [0.5, 0.6) is 0 Å². The number of nitrogens with two attached hydrogens (primary N) is 1. The summed E-state index contributed by atoms with van der Waals surface area (Å²) in [6.07, 6.45) is 3.39. The maximum absolute atomic E-state index is 12.7. The molecule has 8 heteroatoms. The molecule has 3 heterocycles. The molecule has 0 aromatic carbocycles. The number of fused-ring (bicyclic) bond motifs is 2. The van der Waals surface area contributed by atoms with Gasteiger partial charge in [0.1, 0.15) is 10.7 Å². The minimum atomic E-state index is -3.64. The SMILES string of the molecule is Nc1ncc(S(=O)(=O)N2C3CCC2CC(O)C3)cc1Cl. The number of hydrogen-bond donors (Lipinski definition) is 2. The summed E-state index contributed by atoms with van der Waals surface area (Å²) in [5, 5.41) is 9.89. The zero-order valence-electron chi connectivity index (χ0n) is 10.7. The first kappa shape index (κ1) is 14.1. The fourth-order valence-electron chi connectivity index (χ4n) is 3.19. The van der Waals surface area contributed by atoms with Gasteiger partial charge in [-0.05, 0) is 31.7 Å². The Bertz CT molecular complexity index is 623. The molecule has 20 heavy (non-hydrogen) atoms. The first-order chi connectivity index (χ1) is 9.39. The summed E-state index contributed by atoms with van der Waals surface area (Å²) >= 11 is 5.86. The van der Waals surface area contributed by atoms with E-state index >= 15 is 0 Å². The molecule has 2 saturated heterocycles. The van der Waals surface area contributed by atoms with E-state index in [9.17, 15) is 13.5 Å². The maximum atomic E-state index is 12.7. The second-order valence-electron chi connectivity index (χ2n) is 5.38. The van der Waals surface area contributed by atoms with Crippen LogP contribution in [0, 0.1) is 0 Å². The molecule has 2 fully saturated rings. The third kappa shape index (κ3) is 2.18. The average molecular weight is 318 g/mol. The van der Waals surface area contributed by atoms with Crippen molar-refractivity contribution in [1.82, 2.24) is 9.29 Å². The number of halogens is 1. The molecule has 1 aromatic rings. The van der Waals surface area contributed by atoms with Gasteiger partial charge >= 0.3 is 0 Å². The highest BCUT2D eigenvalue weighted by Crippen LogP contribution is 2.40. The van der Waals surface area contributed by atoms with E-state index in [1.54, 1.807) is 0 Å². The van der Waals surface area contributed by atoms with Gasteiger partial charge in [-0.15, -0.1) is 0 Å². The van der Waals surface area contributed by atoms with Crippen molar-refractivity contribution in [2.24, 2.45) is 0 Å². The normalized spacial score (nSPS) is 30.6. The van der Waals surface area contributed by atoms with Gasteiger partial charge in [-0.25, -0.2) is 13.4 Å². The molecule has 110 valence electrons. The van der Waals surface area contributed by atoms with Crippen molar-refractivity contribution in [1.29, 1.82) is 0 Å². The van der Waals surface area contributed by atoms with Crippen LogP contribution in [-0.2, 0) is 10.0 Å². The number of nitrogen functional groups attached to an aromatic ring is 1. The number of aliphatic hydroxyl groups is 1. The van der Waals surface area contributed by atoms with Gasteiger partial charge in [-0.1, -0.05) is 11.6 Å².